The topological polar surface area (TPSA) is 192 Å². The van der Waals surface area contributed by atoms with E-state index in [0.29, 0.717) is 6.42 Å². The number of nitrogens with one attached hydrogen (secondary N) is 5. The van der Waals surface area contributed by atoms with Gasteiger partial charge in [-0.15, -0.1) is 0 Å². The number of amides is 5. The highest BCUT2D eigenvalue weighted by molar-refractivity contribution is 5.96. The van der Waals surface area contributed by atoms with Gasteiger partial charge in [0.25, 0.3) is 0 Å². The zero-order chi connectivity index (χ0) is 41.7. The van der Waals surface area contributed by atoms with Crippen molar-refractivity contribution in [3.05, 3.63) is 108 Å². The number of carbonyl (C=O) groups is 6. The van der Waals surface area contributed by atoms with Crippen molar-refractivity contribution < 1.29 is 38.6 Å². The van der Waals surface area contributed by atoms with Crippen molar-refractivity contribution in [1.82, 2.24) is 26.6 Å². The van der Waals surface area contributed by atoms with E-state index < -0.39 is 65.9 Å². The summed E-state index contributed by atoms with van der Waals surface area (Å²) in [5.74, 6) is -3.89. The summed E-state index contributed by atoms with van der Waals surface area (Å²) in [4.78, 5) is 80.7. The van der Waals surface area contributed by atoms with Gasteiger partial charge in [-0.05, 0) is 47.8 Å². The Morgan fingerprint density at radius 1 is 0.509 bits per heavy atom. The Kier molecular flexibility index (Phi) is 19.3. The van der Waals surface area contributed by atoms with Crippen LogP contribution in [0.5, 0.6) is 0 Å². The molecular formula is C44H59N5O8. The maximum absolute atomic E-state index is 14.1. The molecule has 13 nitrogen and oxygen atoms in total. The van der Waals surface area contributed by atoms with E-state index in [9.17, 15) is 33.9 Å². The Bertz CT molecular complexity index is 1720. The number of rotatable bonds is 23. The van der Waals surface area contributed by atoms with E-state index >= 15 is 0 Å². The molecule has 0 saturated carbocycles. The first-order chi connectivity index (χ1) is 27.2. The average molecular weight is 786 g/mol. The smallest absolute Gasteiger partial charge is 0.407 e. The lowest BCUT2D eigenvalue weighted by Crippen LogP contribution is -2.59. The second-order valence-corrected chi connectivity index (χ2v) is 15.1. The fourth-order valence-electron chi connectivity index (χ4n) is 6.16. The zero-order valence-electron chi connectivity index (χ0n) is 33.7. The first kappa shape index (κ1) is 45.7. The highest BCUT2D eigenvalue weighted by Gasteiger charge is 2.33. The van der Waals surface area contributed by atoms with Gasteiger partial charge in [0.05, 0.1) is 6.61 Å². The molecule has 5 atom stereocenters. The molecule has 0 radical (unpaired) electrons. The van der Waals surface area contributed by atoms with Gasteiger partial charge < -0.3 is 36.4 Å². The van der Waals surface area contributed by atoms with Gasteiger partial charge >= 0.3 is 12.1 Å². The average Bonchev–Trinajstić information content (AvgIpc) is 3.17. The van der Waals surface area contributed by atoms with Crippen LogP contribution >= 0.6 is 0 Å². The molecule has 0 spiro atoms. The van der Waals surface area contributed by atoms with Crippen LogP contribution in [0.3, 0.4) is 0 Å². The lowest BCUT2D eigenvalue weighted by atomic mass is 9.98. The van der Waals surface area contributed by atoms with Crippen molar-refractivity contribution in [1.29, 1.82) is 0 Å². The van der Waals surface area contributed by atoms with Crippen LogP contribution in [0.1, 0.15) is 77.0 Å². The second-order valence-electron chi connectivity index (χ2n) is 15.1. The van der Waals surface area contributed by atoms with Gasteiger partial charge in [-0.25, -0.2) is 9.59 Å². The molecule has 3 aromatic carbocycles. The summed E-state index contributed by atoms with van der Waals surface area (Å²) >= 11 is 0. The van der Waals surface area contributed by atoms with Crippen LogP contribution in [-0.2, 0) is 48.0 Å². The SMILES string of the molecule is CCCCOC(=O)N[C@@H](Cc1ccccc1)C(=O)N[C@@H](CC(C)C)C(=O)N[C@@H](Cc1ccccc1)C(=O)N[C@@H](CC(C)C)C(=O)N[C@@H](Cc1ccccc1)C(=O)O. The van der Waals surface area contributed by atoms with Crippen LogP contribution in [0.15, 0.2) is 91.0 Å². The van der Waals surface area contributed by atoms with E-state index in [1.165, 1.54) is 0 Å². The van der Waals surface area contributed by atoms with E-state index in [-0.39, 0.29) is 50.5 Å². The molecule has 0 aliphatic carbocycles. The Morgan fingerprint density at radius 3 is 1.21 bits per heavy atom. The largest absolute Gasteiger partial charge is 0.480 e. The maximum atomic E-state index is 14.1. The van der Waals surface area contributed by atoms with Gasteiger partial charge in [0.2, 0.25) is 23.6 Å². The number of alkyl carbamates (subject to hydrolysis) is 1. The number of carboxylic acids is 1. The molecule has 0 aliphatic rings. The molecule has 0 aromatic heterocycles. The summed E-state index contributed by atoms with van der Waals surface area (Å²) in [7, 11) is 0. The summed E-state index contributed by atoms with van der Waals surface area (Å²) in [6, 6.07) is 21.4. The number of ether oxygens (including phenoxy) is 1. The summed E-state index contributed by atoms with van der Waals surface area (Å²) in [5, 5.41) is 23.6. The van der Waals surface area contributed by atoms with Crippen LogP contribution < -0.4 is 26.6 Å². The third-order valence-corrected chi connectivity index (χ3v) is 9.12. The number of hydrogen-bond acceptors (Lipinski definition) is 7. The maximum Gasteiger partial charge on any atom is 0.407 e. The number of carboxylic acid groups (broad SMARTS) is 1. The molecule has 3 aromatic rings. The highest BCUT2D eigenvalue weighted by atomic mass is 16.5. The van der Waals surface area contributed by atoms with Gasteiger partial charge in [-0.1, -0.05) is 132 Å². The van der Waals surface area contributed by atoms with Crippen LogP contribution in [0, 0.1) is 11.8 Å². The van der Waals surface area contributed by atoms with Gasteiger partial charge in [0.1, 0.15) is 30.2 Å². The molecule has 5 amide bonds. The molecule has 0 saturated heterocycles. The minimum absolute atomic E-state index is 0.0433. The monoisotopic (exact) mass is 785 g/mol. The first-order valence-electron chi connectivity index (χ1n) is 19.7. The van der Waals surface area contributed by atoms with Crippen molar-refractivity contribution >= 4 is 35.7 Å². The molecule has 6 N–H and O–H groups in total. The van der Waals surface area contributed by atoms with E-state index in [0.717, 1.165) is 23.1 Å². The minimum atomic E-state index is -1.25. The molecule has 3 rings (SSSR count). The fourth-order valence-corrected chi connectivity index (χ4v) is 6.16. The Hall–Kier alpha value is -5.72. The van der Waals surface area contributed by atoms with Crippen molar-refractivity contribution in [3.63, 3.8) is 0 Å². The molecule has 57 heavy (non-hydrogen) atoms. The highest BCUT2D eigenvalue weighted by Crippen LogP contribution is 2.13. The summed E-state index contributed by atoms with van der Waals surface area (Å²) in [5.41, 5.74) is 2.23. The normalized spacial score (nSPS) is 13.7. The Labute approximate surface area is 336 Å². The van der Waals surface area contributed by atoms with Gasteiger partial charge in [-0.3, -0.25) is 19.2 Å². The third kappa shape index (κ3) is 16.9. The summed E-state index contributed by atoms with van der Waals surface area (Å²) < 4.78 is 5.27. The van der Waals surface area contributed by atoms with Gasteiger partial charge in [0.15, 0.2) is 0 Å². The standard InChI is InChI=1S/C44H59N5O8/c1-6-7-23-57-44(56)49-37(27-32-19-13-9-14-20-32)42(53)46-34(24-29(2)3)39(50)47-36(26-31-17-11-8-12-18-31)41(52)45-35(25-30(4)5)40(51)48-38(43(54)55)28-33-21-15-10-16-22-33/h8-22,29-30,34-38H,6-7,23-28H2,1-5H3,(H,45,52)(H,46,53)(H,47,50)(H,48,51)(H,49,56)(H,54,55)/t34-,35-,36-,37-,38-/m0/s1. The van der Waals surface area contributed by atoms with Gasteiger partial charge in [0, 0.05) is 19.3 Å². The molecular weight excluding hydrogens is 727 g/mol. The van der Waals surface area contributed by atoms with Crippen LogP contribution in [0.2, 0.25) is 0 Å². The van der Waals surface area contributed by atoms with Crippen molar-refractivity contribution in [2.45, 2.75) is 110 Å². The molecule has 0 bridgehead atoms. The van der Waals surface area contributed by atoms with E-state index in [4.69, 9.17) is 4.74 Å². The molecule has 308 valence electrons. The number of unbranched alkanes of at least 4 members (excludes halogenated alkanes) is 1. The predicted molar refractivity (Wildman–Crippen MR) is 218 cm³/mol. The summed E-state index contributed by atoms with van der Waals surface area (Å²) in [6.07, 6.45) is 1.39. The Morgan fingerprint density at radius 2 is 0.842 bits per heavy atom. The third-order valence-electron chi connectivity index (χ3n) is 9.12. The van der Waals surface area contributed by atoms with Crippen LogP contribution in [-0.4, -0.2) is 77.6 Å². The van der Waals surface area contributed by atoms with E-state index in [1.807, 2.05) is 77.1 Å². The molecule has 0 unspecified atom stereocenters. The van der Waals surface area contributed by atoms with Crippen molar-refractivity contribution in [3.8, 4) is 0 Å². The number of benzene rings is 3. The number of aliphatic carboxylic acids is 1. The van der Waals surface area contributed by atoms with Gasteiger partial charge in [-0.2, -0.15) is 0 Å². The van der Waals surface area contributed by atoms with E-state index in [1.54, 1.807) is 48.5 Å². The van der Waals surface area contributed by atoms with E-state index in [2.05, 4.69) is 26.6 Å². The molecule has 13 heteroatoms. The molecule has 0 heterocycles. The molecule has 0 fully saturated rings. The predicted octanol–water partition coefficient (Wildman–Crippen LogP) is 4.73. The van der Waals surface area contributed by atoms with Crippen LogP contribution in [0.25, 0.3) is 0 Å². The zero-order valence-corrected chi connectivity index (χ0v) is 33.7. The minimum Gasteiger partial charge on any atom is -0.480 e. The lowest BCUT2D eigenvalue weighted by molar-refractivity contribution is -0.142. The number of carbonyl (C=O) groups excluding carboxylic acids is 5. The molecule has 0 aliphatic heterocycles. The lowest BCUT2D eigenvalue weighted by Gasteiger charge is -2.28. The Balaban J connectivity index is 1.85. The summed E-state index contributed by atoms with van der Waals surface area (Å²) in [6.45, 7) is 9.69. The fraction of sp³-hybridized carbons (Fsp3) is 0.455. The number of hydrogen-bond donors (Lipinski definition) is 6. The second kappa shape index (κ2) is 24.0. The quantitative estimate of drug-likeness (QED) is 0.0744. The van der Waals surface area contributed by atoms with Crippen LogP contribution in [0.4, 0.5) is 4.79 Å². The first-order valence-corrected chi connectivity index (χ1v) is 19.7. The van der Waals surface area contributed by atoms with Crippen molar-refractivity contribution in [2.75, 3.05) is 6.61 Å². The van der Waals surface area contributed by atoms with Crippen molar-refractivity contribution in [2.24, 2.45) is 11.8 Å².